The van der Waals surface area contributed by atoms with Crippen LogP contribution in [0.2, 0.25) is 0 Å². The quantitative estimate of drug-likeness (QED) is 0.619. The summed E-state index contributed by atoms with van der Waals surface area (Å²) >= 11 is 0. The highest BCUT2D eigenvalue weighted by atomic mass is 16.7. The third kappa shape index (κ3) is 4.68. The van der Waals surface area contributed by atoms with Gasteiger partial charge in [0, 0.05) is 26.2 Å². The molecule has 0 N–H and O–H groups in total. The smallest absolute Gasteiger partial charge is 0.231 e. The van der Waals surface area contributed by atoms with Gasteiger partial charge in [-0.1, -0.05) is 12.1 Å². The lowest BCUT2D eigenvalue weighted by atomic mass is 9.85. The minimum absolute atomic E-state index is 0.318. The van der Waals surface area contributed by atoms with Crippen LogP contribution in [0.4, 0.5) is 0 Å². The number of likely N-dealkylation sites (N-methyl/N-ethyl adjacent to an activating group) is 1. The molecule has 0 spiro atoms. The fourth-order valence-electron chi connectivity index (χ4n) is 5.00. The first-order valence-corrected chi connectivity index (χ1v) is 11.9. The van der Waals surface area contributed by atoms with Crippen LogP contribution in [0.1, 0.15) is 36.8 Å². The van der Waals surface area contributed by atoms with Gasteiger partial charge < -0.3 is 24.0 Å². The Morgan fingerprint density at radius 2 is 1.68 bits per heavy atom. The third-order valence-corrected chi connectivity index (χ3v) is 6.90. The molecule has 2 aromatic rings. The highest BCUT2D eigenvalue weighted by Crippen LogP contribution is 2.41. The Kier molecular flexibility index (Phi) is 6.32. The van der Waals surface area contributed by atoms with Crippen LogP contribution in [0, 0.1) is 0 Å². The predicted octanol–water partition coefficient (Wildman–Crippen LogP) is 4.37. The Labute approximate surface area is 185 Å². The molecule has 0 unspecified atom stereocenters. The molecule has 0 radical (unpaired) electrons. The summed E-state index contributed by atoms with van der Waals surface area (Å²) in [6.07, 6.45) is 7.06. The number of benzene rings is 2. The zero-order valence-electron chi connectivity index (χ0n) is 18.7. The normalized spacial score (nSPS) is 18.7. The second-order valence-corrected chi connectivity index (χ2v) is 9.04. The number of piperazine rings is 1. The molecule has 0 aromatic heterocycles. The Bertz CT molecular complexity index is 906. The van der Waals surface area contributed by atoms with Crippen LogP contribution in [-0.2, 0) is 12.8 Å². The van der Waals surface area contributed by atoms with Crippen molar-refractivity contribution in [2.24, 2.45) is 0 Å². The second-order valence-electron chi connectivity index (χ2n) is 9.04. The van der Waals surface area contributed by atoms with Gasteiger partial charge in [0.05, 0.1) is 6.61 Å². The third-order valence-electron chi connectivity index (χ3n) is 6.90. The van der Waals surface area contributed by atoms with Crippen molar-refractivity contribution < 1.29 is 14.2 Å². The molecule has 0 saturated carbocycles. The van der Waals surface area contributed by atoms with Gasteiger partial charge in [0.2, 0.25) is 6.79 Å². The fraction of sp³-hybridized carbons (Fsp3) is 0.538. The molecule has 1 fully saturated rings. The number of ether oxygens (including phenoxy) is 3. The van der Waals surface area contributed by atoms with Crippen molar-refractivity contribution in [2.75, 3.05) is 53.2 Å². The van der Waals surface area contributed by atoms with Crippen LogP contribution in [0.25, 0.3) is 11.1 Å². The van der Waals surface area contributed by atoms with Gasteiger partial charge >= 0.3 is 0 Å². The number of nitrogens with zero attached hydrogens (tertiary/aromatic N) is 2. The summed E-state index contributed by atoms with van der Waals surface area (Å²) in [5.74, 6) is 2.79. The molecule has 3 aliphatic rings. The van der Waals surface area contributed by atoms with Gasteiger partial charge in [-0.15, -0.1) is 0 Å². The molecule has 5 rings (SSSR count). The van der Waals surface area contributed by atoms with Crippen LogP contribution < -0.4 is 14.2 Å². The van der Waals surface area contributed by atoms with Gasteiger partial charge in [-0.2, -0.15) is 0 Å². The molecule has 31 heavy (non-hydrogen) atoms. The first-order valence-electron chi connectivity index (χ1n) is 11.9. The fourth-order valence-corrected chi connectivity index (χ4v) is 5.00. The number of rotatable bonds is 7. The Morgan fingerprint density at radius 1 is 0.871 bits per heavy atom. The van der Waals surface area contributed by atoms with Crippen LogP contribution in [0.3, 0.4) is 0 Å². The molecule has 166 valence electrons. The molecule has 2 heterocycles. The van der Waals surface area contributed by atoms with E-state index in [4.69, 9.17) is 14.2 Å². The molecule has 0 amide bonds. The van der Waals surface area contributed by atoms with E-state index in [-0.39, 0.29) is 0 Å². The number of unbranched alkanes of at least 4 members (excludes halogenated alkanes) is 1. The molecule has 0 atom stereocenters. The van der Waals surface area contributed by atoms with E-state index in [1.807, 2.05) is 6.07 Å². The van der Waals surface area contributed by atoms with Crippen LogP contribution in [0.5, 0.6) is 17.2 Å². The van der Waals surface area contributed by atoms with Crippen molar-refractivity contribution in [3.8, 4) is 28.4 Å². The van der Waals surface area contributed by atoms with Crippen molar-refractivity contribution in [1.29, 1.82) is 0 Å². The van der Waals surface area contributed by atoms with Gasteiger partial charge in [-0.25, -0.2) is 0 Å². The van der Waals surface area contributed by atoms with Crippen molar-refractivity contribution in [2.45, 2.75) is 38.5 Å². The molecular weight excluding hydrogens is 388 g/mol. The molecule has 0 bridgehead atoms. The molecule has 2 aliphatic heterocycles. The molecule has 2 aromatic carbocycles. The highest BCUT2D eigenvalue weighted by Gasteiger charge is 2.21. The van der Waals surface area contributed by atoms with Crippen molar-refractivity contribution >= 4 is 0 Å². The van der Waals surface area contributed by atoms with E-state index in [9.17, 15) is 0 Å². The lowest BCUT2D eigenvalue weighted by molar-refractivity contribution is 0.149. The summed E-state index contributed by atoms with van der Waals surface area (Å²) in [5, 5.41) is 0. The van der Waals surface area contributed by atoms with Crippen molar-refractivity contribution in [1.82, 2.24) is 9.80 Å². The van der Waals surface area contributed by atoms with E-state index >= 15 is 0 Å². The zero-order valence-corrected chi connectivity index (χ0v) is 18.7. The molecule has 1 aliphatic carbocycles. The van der Waals surface area contributed by atoms with E-state index in [1.54, 1.807) is 0 Å². The lowest BCUT2D eigenvalue weighted by Gasteiger charge is -2.32. The van der Waals surface area contributed by atoms with E-state index in [1.165, 1.54) is 74.2 Å². The average Bonchev–Trinajstić information content (AvgIpc) is 3.28. The summed E-state index contributed by atoms with van der Waals surface area (Å²) in [4.78, 5) is 5.00. The maximum atomic E-state index is 6.30. The minimum Gasteiger partial charge on any atom is -0.493 e. The maximum absolute atomic E-state index is 6.30. The van der Waals surface area contributed by atoms with Gasteiger partial charge in [0.1, 0.15) is 5.75 Å². The molecule has 5 heteroatoms. The van der Waals surface area contributed by atoms with Gasteiger partial charge in [0.15, 0.2) is 11.5 Å². The SMILES string of the molecule is CN1CCN(CCCCOc2ccc(-c3ccc4c(c3)OCO4)c3c2CCCC3)CC1. The number of hydrogen-bond acceptors (Lipinski definition) is 5. The van der Waals surface area contributed by atoms with Crippen molar-refractivity contribution in [3.05, 3.63) is 41.5 Å². The van der Waals surface area contributed by atoms with Gasteiger partial charge in [-0.3, -0.25) is 0 Å². The number of fused-ring (bicyclic) bond motifs is 2. The van der Waals surface area contributed by atoms with Crippen LogP contribution in [0.15, 0.2) is 30.3 Å². The first-order chi connectivity index (χ1) is 15.3. The van der Waals surface area contributed by atoms with Crippen LogP contribution in [-0.4, -0.2) is 63.0 Å². The largest absolute Gasteiger partial charge is 0.493 e. The summed E-state index contributed by atoms with van der Waals surface area (Å²) in [6, 6.07) is 10.7. The summed E-state index contributed by atoms with van der Waals surface area (Å²) in [5.41, 5.74) is 5.40. The first kappa shape index (κ1) is 20.7. The minimum atomic E-state index is 0.318. The molecular formula is C26H34N2O3. The Balaban J connectivity index is 1.22. The summed E-state index contributed by atoms with van der Waals surface area (Å²) < 4.78 is 17.4. The van der Waals surface area contributed by atoms with E-state index in [0.717, 1.165) is 43.1 Å². The predicted molar refractivity (Wildman–Crippen MR) is 123 cm³/mol. The van der Waals surface area contributed by atoms with E-state index in [0.29, 0.717) is 6.79 Å². The second kappa shape index (κ2) is 9.49. The maximum Gasteiger partial charge on any atom is 0.231 e. The molecule has 5 nitrogen and oxygen atoms in total. The zero-order chi connectivity index (χ0) is 21.0. The highest BCUT2D eigenvalue weighted by molar-refractivity contribution is 5.73. The van der Waals surface area contributed by atoms with E-state index in [2.05, 4.69) is 41.1 Å². The monoisotopic (exact) mass is 422 g/mol. The summed E-state index contributed by atoms with van der Waals surface area (Å²) in [6.45, 7) is 7.11. The molecule has 1 saturated heterocycles. The van der Waals surface area contributed by atoms with E-state index < -0.39 is 0 Å². The topological polar surface area (TPSA) is 34.2 Å². The Morgan fingerprint density at radius 3 is 2.55 bits per heavy atom. The van der Waals surface area contributed by atoms with Crippen molar-refractivity contribution in [3.63, 3.8) is 0 Å². The number of hydrogen-bond donors (Lipinski definition) is 0. The standard InChI is InChI=1S/C26H34N2O3/c1-27-13-15-28(16-14-27)12-4-5-17-29-24-11-9-21(22-6-2-3-7-23(22)24)20-8-10-25-26(18-20)31-19-30-25/h8-11,18H,2-7,12-17,19H2,1H3. The Hall–Kier alpha value is -2.24. The van der Waals surface area contributed by atoms with Gasteiger partial charge in [-0.05, 0) is 92.6 Å². The lowest BCUT2D eigenvalue weighted by Crippen LogP contribution is -2.44. The average molecular weight is 423 g/mol. The summed E-state index contributed by atoms with van der Waals surface area (Å²) in [7, 11) is 2.21. The van der Waals surface area contributed by atoms with Gasteiger partial charge in [0.25, 0.3) is 0 Å². The van der Waals surface area contributed by atoms with Crippen LogP contribution >= 0.6 is 0 Å².